The second-order valence-electron chi connectivity index (χ2n) is 5.17. The number of rotatable bonds is 6. The molecule has 24 heavy (non-hydrogen) atoms. The van der Waals surface area contributed by atoms with Gasteiger partial charge in [-0.05, 0) is 29.8 Å². The first-order chi connectivity index (χ1) is 11.6. The summed E-state index contributed by atoms with van der Waals surface area (Å²) in [5.74, 6) is -0.354. The average Bonchev–Trinajstić information content (AvgIpc) is 2.61. The van der Waals surface area contributed by atoms with Gasteiger partial charge in [-0.1, -0.05) is 41.9 Å². The summed E-state index contributed by atoms with van der Waals surface area (Å²) in [6, 6.07) is 16.2. The number of urea groups is 1. The van der Waals surface area contributed by atoms with Crippen molar-refractivity contribution in [2.45, 2.75) is 13.0 Å². The summed E-state index contributed by atoms with van der Waals surface area (Å²) in [4.78, 5) is 25.5. The van der Waals surface area contributed by atoms with Gasteiger partial charge in [0.1, 0.15) is 0 Å². The van der Waals surface area contributed by atoms with Crippen LogP contribution in [0.15, 0.2) is 54.6 Å². The van der Waals surface area contributed by atoms with E-state index in [-0.39, 0.29) is 25.0 Å². The van der Waals surface area contributed by atoms with E-state index in [9.17, 15) is 9.59 Å². The number of nitrogens with zero attached hydrogens (tertiary/aromatic N) is 1. The Morgan fingerprint density at radius 3 is 2.38 bits per heavy atom. The number of anilines is 1. The molecule has 0 atom stereocenters. The SMILES string of the molecule is COC(=O)CCN(Cc1ccccc1)C(=O)Nc1ccc(Cl)cc1. The van der Waals surface area contributed by atoms with Crippen LogP contribution in [0.5, 0.6) is 0 Å². The summed E-state index contributed by atoms with van der Waals surface area (Å²) in [5, 5.41) is 3.40. The van der Waals surface area contributed by atoms with Crippen molar-refractivity contribution in [3.05, 3.63) is 65.2 Å². The minimum Gasteiger partial charge on any atom is -0.469 e. The molecular formula is C18H19ClN2O3. The fraction of sp³-hybridized carbons (Fsp3) is 0.222. The predicted molar refractivity (Wildman–Crippen MR) is 94.0 cm³/mol. The Morgan fingerprint density at radius 1 is 1.08 bits per heavy atom. The van der Waals surface area contributed by atoms with Crippen LogP contribution in [-0.2, 0) is 16.1 Å². The van der Waals surface area contributed by atoms with E-state index in [1.54, 1.807) is 29.2 Å². The maximum absolute atomic E-state index is 12.5. The van der Waals surface area contributed by atoms with E-state index in [0.29, 0.717) is 17.3 Å². The summed E-state index contributed by atoms with van der Waals surface area (Å²) in [7, 11) is 1.33. The minimum absolute atomic E-state index is 0.136. The lowest BCUT2D eigenvalue weighted by Gasteiger charge is -2.23. The van der Waals surface area contributed by atoms with Gasteiger partial charge < -0.3 is 15.0 Å². The van der Waals surface area contributed by atoms with Gasteiger partial charge in [0.15, 0.2) is 0 Å². The highest BCUT2D eigenvalue weighted by Gasteiger charge is 2.16. The molecule has 0 aliphatic carbocycles. The first-order valence-electron chi connectivity index (χ1n) is 7.50. The molecule has 0 heterocycles. The fourth-order valence-corrected chi connectivity index (χ4v) is 2.25. The quantitative estimate of drug-likeness (QED) is 0.806. The molecule has 0 unspecified atom stereocenters. The normalized spacial score (nSPS) is 10.1. The molecular weight excluding hydrogens is 328 g/mol. The Labute approximate surface area is 146 Å². The fourth-order valence-electron chi connectivity index (χ4n) is 2.12. The van der Waals surface area contributed by atoms with Crippen molar-refractivity contribution in [3.8, 4) is 0 Å². The summed E-state index contributed by atoms with van der Waals surface area (Å²) in [6.07, 6.45) is 0.136. The Kier molecular flexibility index (Phi) is 6.63. The maximum atomic E-state index is 12.5. The van der Waals surface area contributed by atoms with Crippen molar-refractivity contribution in [2.75, 3.05) is 19.0 Å². The third-order valence-corrected chi connectivity index (χ3v) is 3.66. The number of carbonyl (C=O) groups is 2. The summed E-state index contributed by atoms with van der Waals surface area (Å²) in [5.41, 5.74) is 1.62. The molecule has 2 aromatic rings. The molecule has 0 aromatic heterocycles. The smallest absolute Gasteiger partial charge is 0.322 e. The highest BCUT2D eigenvalue weighted by Crippen LogP contribution is 2.15. The predicted octanol–water partition coefficient (Wildman–Crippen LogP) is 3.94. The molecule has 5 nitrogen and oxygen atoms in total. The van der Waals surface area contributed by atoms with Crippen LogP contribution >= 0.6 is 11.6 Å². The molecule has 0 saturated carbocycles. The molecule has 0 aliphatic heterocycles. The van der Waals surface area contributed by atoms with Gasteiger partial charge in [-0.2, -0.15) is 0 Å². The number of nitrogens with one attached hydrogen (secondary N) is 1. The highest BCUT2D eigenvalue weighted by molar-refractivity contribution is 6.30. The lowest BCUT2D eigenvalue weighted by atomic mass is 10.2. The van der Waals surface area contributed by atoms with E-state index in [1.165, 1.54) is 7.11 Å². The van der Waals surface area contributed by atoms with Crippen LogP contribution in [-0.4, -0.2) is 30.6 Å². The monoisotopic (exact) mass is 346 g/mol. The summed E-state index contributed by atoms with van der Waals surface area (Å²) >= 11 is 5.84. The van der Waals surface area contributed by atoms with Gasteiger partial charge in [0.25, 0.3) is 0 Å². The Hall–Kier alpha value is -2.53. The number of benzene rings is 2. The van der Waals surface area contributed by atoms with E-state index in [0.717, 1.165) is 5.56 Å². The number of hydrogen-bond acceptors (Lipinski definition) is 3. The van der Waals surface area contributed by atoms with Crippen molar-refractivity contribution in [2.24, 2.45) is 0 Å². The van der Waals surface area contributed by atoms with Gasteiger partial charge in [0.05, 0.1) is 13.5 Å². The molecule has 0 aliphatic rings. The van der Waals surface area contributed by atoms with E-state index in [4.69, 9.17) is 11.6 Å². The molecule has 2 rings (SSSR count). The van der Waals surface area contributed by atoms with Crippen LogP contribution in [0.3, 0.4) is 0 Å². The molecule has 2 aromatic carbocycles. The number of halogens is 1. The molecule has 2 amide bonds. The van der Waals surface area contributed by atoms with Crippen LogP contribution < -0.4 is 5.32 Å². The Bertz CT molecular complexity index is 674. The number of amides is 2. The molecule has 1 N–H and O–H groups in total. The van der Waals surface area contributed by atoms with Gasteiger partial charge in [-0.15, -0.1) is 0 Å². The van der Waals surface area contributed by atoms with Gasteiger partial charge in [0, 0.05) is 23.8 Å². The minimum atomic E-state index is -0.354. The van der Waals surface area contributed by atoms with Crippen LogP contribution in [0.4, 0.5) is 10.5 Å². The lowest BCUT2D eigenvalue weighted by Crippen LogP contribution is -2.36. The van der Waals surface area contributed by atoms with Gasteiger partial charge in [-0.25, -0.2) is 4.79 Å². The number of methoxy groups -OCH3 is 1. The summed E-state index contributed by atoms with van der Waals surface area (Å²) in [6.45, 7) is 0.665. The molecule has 0 bridgehead atoms. The maximum Gasteiger partial charge on any atom is 0.322 e. The Balaban J connectivity index is 2.06. The van der Waals surface area contributed by atoms with Crippen molar-refractivity contribution < 1.29 is 14.3 Å². The van der Waals surface area contributed by atoms with Crippen LogP contribution in [0.25, 0.3) is 0 Å². The van der Waals surface area contributed by atoms with Gasteiger partial charge >= 0.3 is 12.0 Å². The molecule has 0 fully saturated rings. The van der Waals surface area contributed by atoms with E-state index in [2.05, 4.69) is 10.1 Å². The average molecular weight is 347 g/mol. The zero-order valence-corrected chi connectivity index (χ0v) is 14.1. The van der Waals surface area contributed by atoms with Crippen molar-refractivity contribution in [3.63, 3.8) is 0 Å². The van der Waals surface area contributed by atoms with Crippen molar-refractivity contribution in [1.82, 2.24) is 4.90 Å². The van der Waals surface area contributed by atoms with Gasteiger partial charge in [-0.3, -0.25) is 4.79 Å². The zero-order valence-electron chi connectivity index (χ0n) is 13.4. The van der Waals surface area contributed by atoms with Crippen LogP contribution in [0, 0.1) is 0 Å². The third-order valence-electron chi connectivity index (χ3n) is 3.41. The highest BCUT2D eigenvalue weighted by atomic mass is 35.5. The number of hydrogen-bond donors (Lipinski definition) is 1. The Morgan fingerprint density at radius 2 is 1.75 bits per heavy atom. The van der Waals surface area contributed by atoms with Crippen LogP contribution in [0.1, 0.15) is 12.0 Å². The molecule has 0 radical (unpaired) electrons. The first kappa shape index (κ1) is 17.8. The van der Waals surface area contributed by atoms with E-state index >= 15 is 0 Å². The second-order valence-corrected chi connectivity index (χ2v) is 5.61. The van der Waals surface area contributed by atoms with E-state index < -0.39 is 0 Å². The largest absolute Gasteiger partial charge is 0.469 e. The van der Waals surface area contributed by atoms with Crippen molar-refractivity contribution in [1.29, 1.82) is 0 Å². The number of ether oxygens (including phenoxy) is 1. The molecule has 6 heteroatoms. The second kappa shape index (κ2) is 8.93. The number of esters is 1. The summed E-state index contributed by atoms with van der Waals surface area (Å²) < 4.78 is 4.65. The van der Waals surface area contributed by atoms with Gasteiger partial charge in [0.2, 0.25) is 0 Å². The van der Waals surface area contributed by atoms with Crippen LogP contribution in [0.2, 0.25) is 5.02 Å². The topological polar surface area (TPSA) is 58.6 Å². The number of carbonyl (C=O) groups excluding carboxylic acids is 2. The van der Waals surface area contributed by atoms with Crippen molar-refractivity contribution >= 4 is 29.3 Å². The first-order valence-corrected chi connectivity index (χ1v) is 7.88. The zero-order chi connectivity index (χ0) is 17.4. The molecule has 0 spiro atoms. The molecule has 126 valence electrons. The standard InChI is InChI=1S/C18H19ClN2O3/c1-24-17(22)11-12-21(13-14-5-3-2-4-6-14)18(23)20-16-9-7-15(19)8-10-16/h2-10H,11-13H2,1H3,(H,20,23). The third kappa shape index (κ3) is 5.59. The van der Waals surface area contributed by atoms with E-state index in [1.807, 2.05) is 30.3 Å². The lowest BCUT2D eigenvalue weighted by molar-refractivity contribution is -0.140. The molecule has 0 saturated heterocycles.